The molecule has 0 bridgehead atoms. The molecule has 29 heavy (non-hydrogen) atoms. The Morgan fingerprint density at radius 1 is 1.34 bits per heavy atom. The van der Waals surface area contributed by atoms with Gasteiger partial charge in [0, 0.05) is 18.0 Å². The molecule has 3 aromatic rings. The maximum atomic E-state index is 13.6. The summed E-state index contributed by atoms with van der Waals surface area (Å²) < 4.78 is 45.0. The molecule has 12 heteroatoms. The standard InChI is InChI=1S/C17H15ClFN3O4S3/c1-22(29(24,25)16-6-5-14(18)28-16)8-15(23)21-17-20-12(9-27-17)11-7-10(19)3-4-13(11)26-2/h3-7,9H,8H2,1-2H3,(H,20,21,23). The number of nitrogens with one attached hydrogen (secondary N) is 1. The summed E-state index contributed by atoms with van der Waals surface area (Å²) >= 11 is 7.82. The summed E-state index contributed by atoms with van der Waals surface area (Å²) in [6.07, 6.45) is 0. The van der Waals surface area contributed by atoms with Crippen molar-refractivity contribution < 1.29 is 22.3 Å². The number of thiophene rings is 1. The van der Waals surface area contributed by atoms with E-state index in [2.05, 4.69) is 10.3 Å². The van der Waals surface area contributed by atoms with E-state index in [0.717, 1.165) is 27.0 Å². The molecule has 0 radical (unpaired) electrons. The van der Waals surface area contributed by atoms with Crippen LogP contribution in [0.15, 0.2) is 39.9 Å². The Balaban J connectivity index is 1.70. The van der Waals surface area contributed by atoms with Crippen LogP contribution in [0, 0.1) is 5.82 Å². The van der Waals surface area contributed by atoms with E-state index in [4.69, 9.17) is 16.3 Å². The lowest BCUT2D eigenvalue weighted by Crippen LogP contribution is -2.34. The monoisotopic (exact) mass is 475 g/mol. The van der Waals surface area contributed by atoms with Crippen LogP contribution in [0.5, 0.6) is 5.75 Å². The number of anilines is 1. The summed E-state index contributed by atoms with van der Waals surface area (Å²) in [7, 11) is -1.07. The molecule has 1 aromatic carbocycles. The summed E-state index contributed by atoms with van der Waals surface area (Å²) in [4.78, 5) is 16.5. The number of ether oxygens (including phenoxy) is 1. The molecule has 0 unspecified atom stereocenters. The third-order valence-corrected chi connectivity index (χ3v) is 8.03. The first kappa shape index (κ1) is 21.7. The van der Waals surface area contributed by atoms with Crippen molar-refractivity contribution in [2.45, 2.75) is 4.21 Å². The van der Waals surface area contributed by atoms with Gasteiger partial charge in [-0.2, -0.15) is 4.31 Å². The van der Waals surface area contributed by atoms with Gasteiger partial charge in [0.2, 0.25) is 5.91 Å². The lowest BCUT2D eigenvalue weighted by atomic mass is 10.1. The van der Waals surface area contributed by atoms with Crippen LogP contribution >= 0.6 is 34.3 Å². The Morgan fingerprint density at radius 3 is 2.76 bits per heavy atom. The number of methoxy groups -OCH3 is 1. The van der Waals surface area contributed by atoms with E-state index in [9.17, 15) is 17.6 Å². The van der Waals surface area contributed by atoms with Crippen LogP contribution in [-0.2, 0) is 14.8 Å². The molecule has 154 valence electrons. The van der Waals surface area contributed by atoms with Crippen molar-refractivity contribution in [1.82, 2.24) is 9.29 Å². The zero-order valence-corrected chi connectivity index (χ0v) is 18.4. The number of halogens is 2. The molecule has 3 rings (SSSR count). The molecule has 0 saturated carbocycles. The number of aromatic nitrogens is 1. The fourth-order valence-electron chi connectivity index (χ4n) is 2.37. The number of hydrogen-bond donors (Lipinski definition) is 1. The molecular weight excluding hydrogens is 461 g/mol. The fraction of sp³-hybridized carbons (Fsp3) is 0.176. The molecule has 2 aromatic heterocycles. The number of nitrogens with zero attached hydrogens (tertiary/aromatic N) is 2. The first-order valence-corrected chi connectivity index (χ1v) is 11.5. The normalized spacial score (nSPS) is 11.6. The predicted octanol–water partition coefficient (Wildman–Crippen LogP) is 3.93. The Morgan fingerprint density at radius 2 is 2.10 bits per heavy atom. The molecule has 0 aliphatic rings. The highest BCUT2D eigenvalue weighted by Gasteiger charge is 2.25. The lowest BCUT2D eigenvalue weighted by Gasteiger charge is -2.15. The van der Waals surface area contributed by atoms with Gasteiger partial charge in [-0.1, -0.05) is 11.6 Å². The van der Waals surface area contributed by atoms with Crippen LogP contribution < -0.4 is 10.1 Å². The quantitative estimate of drug-likeness (QED) is 0.559. The molecule has 0 fully saturated rings. The van der Waals surface area contributed by atoms with Crippen LogP contribution in [-0.4, -0.2) is 44.3 Å². The number of likely N-dealkylation sites (N-methyl/N-ethyl adjacent to an activating group) is 1. The van der Waals surface area contributed by atoms with Gasteiger partial charge in [-0.05, 0) is 30.3 Å². The third kappa shape index (κ3) is 4.93. The highest BCUT2D eigenvalue weighted by molar-refractivity contribution is 7.91. The van der Waals surface area contributed by atoms with Crippen molar-refractivity contribution in [3.63, 3.8) is 0 Å². The molecule has 2 heterocycles. The first-order valence-electron chi connectivity index (χ1n) is 8.01. The Labute approximate surface area is 179 Å². The van der Waals surface area contributed by atoms with Gasteiger partial charge in [-0.25, -0.2) is 17.8 Å². The average molecular weight is 476 g/mol. The number of benzene rings is 1. The molecule has 7 nitrogen and oxygen atoms in total. The van der Waals surface area contributed by atoms with Gasteiger partial charge in [-0.3, -0.25) is 4.79 Å². The SMILES string of the molecule is COc1ccc(F)cc1-c1csc(NC(=O)CN(C)S(=O)(=O)c2ccc(Cl)s2)n1. The van der Waals surface area contributed by atoms with E-state index >= 15 is 0 Å². The first-order chi connectivity index (χ1) is 13.7. The second-order valence-corrected chi connectivity index (χ2v) is 10.6. The topological polar surface area (TPSA) is 88.6 Å². The minimum absolute atomic E-state index is 0.0486. The van der Waals surface area contributed by atoms with Gasteiger partial charge in [-0.15, -0.1) is 22.7 Å². The number of carbonyl (C=O) groups is 1. The van der Waals surface area contributed by atoms with Crippen LogP contribution in [0.1, 0.15) is 0 Å². The van der Waals surface area contributed by atoms with Gasteiger partial charge >= 0.3 is 0 Å². The molecule has 1 amide bonds. The minimum Gasteiger partial charge on any atom is -0.496 e. The molecule has 0 spiro atoms. The van der Waals surface area contributed by atoms with Crippen molar-refractivity contribution in [1.29, 1.82) is 0 Å². The molecule has 0 atom stereocenters. The number of sulfonamides is 1. The Hall–Kier alpha value is -2.05. The number of carbonyl (C=O) groups excluding carboxylic acids is 1. The average Bonchev–Trinajstić information content (AvgIpc) is 3.31. The second kappa shape index (κ2) is 8.76. The van der Waals surface area contributed by atoms with Gasteiger partial charge in [0.05, 0.1) is 23.7 Å². The Bertz CT molecular complexity index is 1150. The number of hydrogen-bond acceptors (Lipinski definition) is 7. The number of rotatable bonds is 7. The van der Waals surface area contributed by atoms with E-state index in [-0.39, 0.29) is 9.34 Å². The lowest BCUT2D eigenvalue weighted by molar-refractivity contribution is -0.116. The maximum Gasteiger partial charge on any atom is 0.252 e. The number of amides is 1. The van der Waals surface area contributed by atoms with Gasteiger partial charge in [0.25, 0.3) is 10.0 Å². The maximum absolute atomic E-state index is 13.6. The summed E-state index contributed by atoms with van der Waals surface area (Å²) in [5.41, 5.74) is 0.870. The molecule has 0 saturated heterocycles. The van der Waals surface area contributed by atoms with Crippen molar-refractivity contribution in [3.05, 3.63) is 45.9 Å². The summed E-state index contributed by atoms with van der Waals surface area (Å²) in [6.45, 7) is -0.407. The third-order valence-electron chi connectivity index (χ3n) is 3.77. The van der Waals surface area contributed by atoms with Crippen molar-refractivity contribution in [2.24, 2.45) is 0 Å². The van der Waals surface area contributed by atoms with Crippen molar-refractivity contribution in [3.8, 4) is 17.0 Å². The van der Waals surface area contributed by atoms with Crippen molar-refractivity contribution in [2.75, 3.05) is 26.0 Å². The Kier molecular flexibility index (Phi) is 6.54. The van der Waals surface area contributed by atoms with E-state index in [1.54, 1.807) is 5.38 Å². The molecular formula is C17H15ClFN3O4S3. The van der Waals surface area contributed by atoms with Crippen LogP contribution in [0.3, 0.4) is 0 Å². The molecule has 0 aliphatic carbocycles. The summed E-state index contributed by atoms with van der Waals surface area (Å²) in [6, 6.07) is 6.90. The van der Waals surface area contributed by atoms with E-state index in [0.29, 0.717) is 21.3 Å². The van der Waals surface area contributed by atoms with E-state index in [1.807, 2.05) is 0 Å². The minimum atomic E-state index is -3.83. The zero-order valence-electron chi connectivity index (χ0n) is 15.2. The van der Waals surface area contributed by atoms with Crippen LogP contribution in [0.4, 0.5) is 9.52 Å². The van der Waals surface area contributed by atoms with Gasteiger partial charge in [0.1, 0.15) is 15.8 Å². The van der Waals surface area contributed by atoms with Gasteiger partial charge in [0.15, 0.2) is 5.13 Å². The van der Waals surface area contributed by atoms with E-state index in [1.165, 1.54) is 44.5 Å². The largest absolute Gasteiger partial charge is 0.496 e. The van der Waals surface area contributed by atoms with Crippen LogP contribution in [0.25, 0.3) is 11.3 Å². The van der Waals surface area contributed by atoms with Crippen molar-refractivity contribution >= 4 is 55.3 Å². The highest BCUT2D eigenvalue weighted by atomic mass is 35.5. The highest BCUT2D eigenvalue weighted by Crippen LogP contribution is 2.33. The summed E-state index contributed by atoms with van der Waals surface area (Å²) in [5, 5.41) is 4.44. The van der Waals surface area contributed by atoms with Gasteiger partial charge < -0.3 is 10.1 Å². The fourth-order valence-corrected chi connectivity index (χ4v) is 5.92. The second-order valence-electron chi connectivity index (χ2n) is 5.75. The zero-order chi connectivity index (χ0) is 21.2. The predicted molar refractivity (Wildman–Crippen MR) is 112 cm³/mol. The van der Waals surface area contributed by atoms with E-state index < -0.39 is 28.3 Å². The number of thiazole rings is 1. The summed E-state index contributed by atoms with van der Waals surface area (Å²) in [5.74, 6) is -0.569. The van der Waals surface area contributed by atoms with Crippen LogP contribution in [0.2, 0.25) is 4.34 Å². The molecule has 1 N–H and O–H groups in total. The smallest absolute Gasteiger partial charge is 0.252 e. The molecule has 0 aliphatic heterocycles.